The van der Waals surface area contributed by atoms with Gasteiger partial charge in [0.1, 0.15) is 0 Å². The van der Waals surface area contributed by atoms with E-state index in [-0.39, 0.29) is 5.91 Å². The number of rotatable bonds is 5. The standard InChI is InChI=1S/C18H30N2O3/c21-17-5-1-2-10-20(17)14-15-8-11-19(12-9-15)18(22)7-6-16-4-3-13-23-16/h15-16H,1-14H2. The van der Waals surface area contributed by atoms with Crippen LogP contribution in [0.1, 0.15) is 57.8 Å². The van der Waals surface area contributed by atoms with Crippen molar-refractivity contribution in [3.63, 3.8) is 0 Å². The van der Waals surface area contributed by atoms with Crippen molar-refractivity contribution in [1.29, 1.82) is 0 Å². The highest BCUT2D eigenvalue weighted by atomic mass is 16.5. The van der Waals surface area contributed by atoms with Gasteiger partial charge < -0.3 is 14.5 Å². The second-order valence-electron chi connectivity index (χ2n) is 7.29. The molecule has 5 heteroatoms. The molecule has 3 rings (SSSR count). The maximum atomic E-state index is 12.3. The molecule has 0 aromatic carbocycles. The smallest absolute Gasteiger partial charge is 0.222 e. The Labute approximate surface area is 139 Å². The van der Waals surface area contributed by atoms with E-state index in [9.17, 15) is 9.59 Å². The van der Waals surface area contributed by atoms with Crippen molar-refractivity contribution in [2.45, 2.75) is 63.9 Å². The third kappa shape index (κ3) is 4.69. The molecular formula is C18H30N2O3. The highest BCUT2D eigenvalue weighted by Crippen LogP contribution is 2.23. The van der Waals surface area contributed by atoms with E-state index in [2.05, 4.69) is 0 Å². The molecule has 0 bridgehead atoms. The number of hydrogen-bond acceptors (Lipinski definition) is 3. The third-order valence-electron chi connectivity index (χ3n) is 5.57. The summed E-state index contributed by atoms with van der Waals surface area (Å²) >= 11 is 0. The Morgan fingerprint density at radius 2 is 1.91 bits per heavy atom. The van der Waals surface area contributed by atoms with Gasteiger partial charge in [0.05, 0.1) is 6.10 Å². The van der Waals surface area contributed by atoms with Crippen LogP contribution in [0.25, 0.3) is 0 Å². The summed E-state index contributed by atoms with van der Waals surface area (Å²) in [6.07, 6.45) is 9.05. The number of ether oxygens (including phenoxy) is 1. The molecular weight excluding hydrogens is 292 g/mol. The molecule has 1 unspecified atom stereocenters. The molecule has 0 spiro atoms. The molecule has 3 saturated heterocycles. The van der Waals surface area contributed by atoms with Gasteiger partial charge in [0.2, 0.25) is 11.8 Å². The van der Waals surface area contributed by atoms with E-state index in [0.29, 0.717) is 24.3 Å². The fourth-order valence-electron chi connectivity index (χ4n) is 4.05. The fourth-order valence-corrected chi connectivity index (χ4v) is 4.05. The Balaban J connectivity index is 1.35. The average molecular weight is 322 g/mol. The summed E-state index contributed by atoms with van der Waals surface area (Å²) in [7, 11) is 0. The lowest BCUT2D eigenvalue weighted by molar-refractivity contribution is -0.136. The number of hydrogen-bond donors (Lipinski definition) is 0. The molecule has 3 fully saturated rings. The van der Waals surface area contributed by atoms with Crippen LogP contribution >= 0.6 is 0 Å². The van der Waals surface area contributed by atoms with Crippen molar-refractivity contribution in [2.24, 2.45) is 5.92 Å². The minimum atomic E-state index is 0.285. The van der Waals surface area contributed by atoms with Crippen LogP contribution in [0.5, 0.6) is 0 Å². The first kappa shape index (κ1) is 16.7. The molecule has 5 nitrogen and oxygen atoms in total. The summed E-state index contributed by atoms with van der Waals surface area (Å²) in [5, 5.41) is 0. The minimum Gasteiger partial charge on any atom is -0.378 e. The van der Waals surface area contributed by atoms with Gasteiger partial charge in [0.25, 0.3) is 0 Å². The number of nitrogens with zero attached hydrogens (tertiary/aromatic N) is 2. The summed E-state index contributed by atoms with van der Waals surface area (Å²) < 4.78 is 5.59. The van der Waals surface area contributed by atoms with Crippen LogP contribution in [0.2, 0.25) is 0 Å². The Morgan fingerprint density at radius 3 is 2.61 bits per heavy atom. The van der Waals surface area contributed by atoms with Crippen molar-refractivity contribution in [2.75, 3.05) is 32.8 Å². The number of carbonyl (C=O) groups is 2. The van der Waals surface area contributed by atoms with Crippen molar-refractivity contribution in [3.8, 4) is 0 Å². The molecule has 3 heterocycles. The van der Waals surface area contributed by atoms with E-state index >= 15 is 0 Å². The lowest BCUT2D eigenvalue weighted by Crippen LogP contribution is -2.44. The van der Waals surface area contributed by atoms with Gasteiger partial charge in [0.15, 0.2) is 0 Å². The predicted molar refractivity (Wildman–Crippen MR) is 87.9 cm³/mol. The quantitative estimate of drug-likeness (QED) is 0.780. The zero-order valence-corrected chi connectivity index (χ0v) is 14.2. The number of carbonyl (C=O) groups excluding carboxylic acids is 2. The summed E-state index contributed by atoms with van der Waals surface area (Å²) in [4.78, 5) is 28.3. The van der Waals surface area contributed by atoms with Gasteiger partial charge in [-0.05, 0) is 50.9 Å². The van der Waals surface area contributed by atoms with Gasteiger partial charge in [-0.1, -0.05) is 0 Å². The molecule has 0 radical (unpaired) electrons. The summed E-state index contributed by atoms with van der Waals surface area (Å²) in [6, 6.07) is 0. The molecule has 0 aromatic rings. The van der Waals surface area contributed by atoms with Gasteiger partial charge in [0, 0.05) is 45.6 Å². The van der Waals surface area contributed by atoms with Crippen LogP contribution in [0.3, 0.4) is 0 Å². The highest BCUT2D eigenvalue weighted by molar-refractivity contribution is 5.77. The van der Waals surface area contributed by atoms with E-state index in [1.54, 1.807) is 0 Å². The van der Waals surface area contributed by atoms with Gasteiger partial charge in [-0.2, -0.15) is 0 Å². The third-order valence-corrected chi connectivity index (χ3v) is 5.57. The Hall–Kier alpha value is -1.10. The van der Waals surface area contributed by atoms with Crippen LogP contribution in [0, 0.1) is 5.92 Å². The lowest BCUT2D eigenvalue weighted by Gasteiger charge is -2.36. The van der Waals surface area contributed by atoms with E-state index < -0.39 is 0 Å². The molecule has 0 saturated carbocycles. The van der Waals surface area contributed by atoms with Crippen LogP contribution in [0.15, 0.2) is 0 Å². The summed E-state index contributed by atoms with van der Waals surface area (Å²) in [6.45, 7) is 4.41. The first-order valence-electron chi connectivity index (χ1n) is 9.39. The van der Waals surface area contributed by atoms with Gasteiger partial charge in [-0.15, -0.1) is 0 Å². The molecule has 0 aromatic heterocycles. The van der Waals surface area contributed by atoms with Crippen molar-refractivity contribution in [1.82, 2.24) is 9.80 Å². The summed E-state index contributed by atoms with van der Waals surface area (Å²) in [5.41, 5.74) is 0. The number of amides is 2. The SMILES string of the molecule is O=C(CCC1CCCO1)N1CCC(CN2CCCCC2=O)CC1. The maximum Gasteiger partial charge on any atom is 0.222 e. The van der Waals surface area contributed by atoms with Gasteiger partial charge in [-0.25, -0.2) is 0 Å². The molecule has 0 aliphatic carbocycles. The van der Waals surface area contributed by atoms with Gasteiger partial charge in [-0.3, -0.25) is 9.59 Å². The second kappa shape index (κ2) is 8.13. The zero-order chi connectivity index (χ0) is 16.1. The van der Waals surface area contributed by atoms with E-state index in [4.69, 9.17) is 4.74 Å². The van der Waals surface area contributed by atoms with E-state index in [0.717, 1.165) is 84.2 Å². The molecule has 23 heavy (non-hydrogen) atoms. The van der Waals surface area contributed by atoms with Crippen molar-refractivity contribution < 1.29 is 14.3 Å². The molecule has 130 valence electrons. The number of piperidine rings is 2. The summed E-state index contributed by atoms with van der Waals surface area (Å²) in [5.74, 6) is 1.18. The largest absolute Gasteiger partial charge is 0.378 e. The zero-order valence-electron chi connectivity index (χ0n) is 14.2. The number of likely N-dealkylation sites (tertiary alicyclic amines) is 2. The van der Waals surface area contributed by atoms with Crippen LogP contribution in [0.4, 0.5) is 0 Å². The van der Waals surface area contributed by atoms with E-state index in [1.807, 2.05) is 9.80 Å². The topological polar surface area (TPSA) is 49.9 Å². The van der Waals surface area contributed by atoms with Crippen molar-refractivity contribution >= 4 is 11.8 Å². The maximum absolute atomic E-state index is 12.3. The first-order chi connectivity index (χ1) is 11.2. The predicted octanol–water partition coefficient (Wildman–Crippen LogP) is 2.20. The Bertz CT molecular complexity index is 412. The van der Waals surface area contributed by atoms with E-state index in [1.165, 1.54) is 0 Å². The molecule has 0 N–H and O–H groups in total. The second-order valence-corrected chi connectivity index (χ2v) is 7.29. The molecule has 3 aliphatic heterocycles. The highest BCUT2D eigenvalue weighted by Gasteiger charge is 2.27. The first-order valence-corrected chi connectivity index (χ1v) is 9.39. The monoisotopic (exact) mass is 322 g/mol. The Kier molecular flexibility index (Phi) is 5.92. The lowest BCUT2D eigenvalue weighted by atomic mass is 9.94. The van der Waals surface area contributed by atoms with Crippen LogP contribution in [-0.4, -0.2) is 60.5 Å². The van der Waals surface area contributed by atoms with Gasteiger partial charge >= 0.3 is 0 Å². The fraction of sp³-hybridized carbons (Fsp3) is 0.889. The molecule has 2 amide bonds. The van der Waals surface area contributed by atoms with Crippen molar-refractivity contribution in [3.05, 3.63) is 0 Å². The molecule has 3 aliphatic rings. The molecule has 1 atom stereocenters. The van der Waals surface area contributed by atoms with Crippen LogP contribution < -0.4 is 0 Å². The van der Waals surface area contributed by atoms with Crippen LogP contribution in [-0.2, 0) is 14.3 Å². The Morgan fingerprint density at radius 1 is 1.09 bits per heavy atom. The minimum absolute atomic E-state index is 0.285. The normalized spacial score (nSPS) is 26.8. The average Bonchev–Trinajstić information content (AvgIpc) is 3.09.